The van der Waals surface area contributed by atoms with E-state index >= 15 is 0 Å². The Balaban J connectivity index is 1.88. The number of nitrogens with zero attached hydrogens (tertiary/aromatic N) is 2. The van der Waals surface area contributed by atoms with Gasteiger partial charge in [-0.05, 0) is 52.0 Å². The second kappa shape index (κ2) is 6.05. The second-order valence-corrected chi connectivity index (χ2v) is 6.51. The molecule has 2 heterocycles. The third kappa shape index (κ3) is 2.61. The van der Waals surface area contributed by atoms with Gasteiger partial charge in [-0.3, -0.25) is 0 Å². The van der Waals surface area contributed by atoms with Gasteiger partial charge in [0.2, 0.25) is 11.7 Å². The van der Waals surface area contributed by atoms with E-state index in [1.807, 2.05) is 6.92 Å². The number of ether oxygens (including phenoxy) is 1. The fraction of sp³-hybridized carbons (Fsp3) is 0.875. The summed E-state index contributed by atoms with van der Waals surface area (Å²) in [4.78, 5) is 4.81. The predicted octanol–water partition coefficient (Wildman–Crippen LogP) is 2.91. The van der Waals surface area contributed by atoms with Crippen LogP contribution in [0.4, 0.5) is 0 Å². The van der Waals surface area contributed by atoms with E-state index in [1.54, 1.807) is 0 Å². The van der Waals surface area contributed by atoms with Gasteiger partial charge >= 0.3 is 0 Å². The van der Waals surface area contributed by atoms with Crippen molar-refractivity contribution in [1.29, 1.82) is 0 Å². The van der Waals surface area contributed by atoms with E-state index in [0.717, 1.165) is 56.9 Å². The number of hydrogen-bond acceptors (Lipinski definition) is 5. The van der Waals surface area contributed by atoms with E-state index in [9.17, 15) is 0 Å². The zero-order valence-corrected chi connectivity index (χ0v) is 13.3. The van der Waals surface area contributed by atoms with E-state index in [1.165, 1.54) is 12.8 Å². The summed E-state index contributed by atoms with van der Waals surface area (Å²) in [7, 11) is 0. The van der Waals surface area contributed by atoms with Crippen LogP contribution in [0.3, 0.4) is 0 Å². The summed E-state index contributed by atoms with van der Waals surface area (Å²) in [5, 5.41) is 7.77. The van der Waals surface area contributed by atoms with Gasteiger partial charge < -0.3 is 14.6 Å². The summed E-state index contributed by atoms with van der Waals surface area (Å²) in [6, 6.07) is 0. The van der Waals surface area contributed by atoms with Crippen molar-refractivity contribution >= 4 is 0 Å². The van der Waals surface area contributed by atoms with E-state index in [0.29, 0.717) is 6.61 Å². The van der Waals surface area contributed by atoms with Gasteiger partial charge in [0.15, 0.2) is 0 Å². The van der Waals surface area contributed by atoms with Gasteiger partial charge in [-0.25, -0.2) is 0 Å². The lowest BCUT2D eigenvalue weighted by molar-refractivity contribution is -0.0469. The standard InChI is InChI=1S/C16H27N3O2/c1-3-7-15(10-11-17-12-15)14-18-13(19-21-14)16(20-4-2)8-5-6-9-16/h17H,3-12H2,1-2H3. The van der Waals surface area contributed by atoms with Gasteiger partial charge in [-0.1, -0.05) is 18.5 Å². The van der Waals surface area contributed by atoms with Crippen molar-refractivity contribution in [2.24, 2.45) is 0 Å². The lowest BCUT2D eigenvalue weighted by Crippen LogP contribution is -2.31. The molecule has 0 radical (unpaired) electrons. The van der Waals surface area contributed by atoms with Crippen LogP contribution in [0.1, 0.15) is 70.5 Å². The number of hydrogen-bond donors (Lipinski definition) is 1. The van der Waals surface area contributed by atoms with Gasteiger partial charge in [0.25, 0.3) is 0 Å². The van der Waals surface area contributed by atoms with Gasteiger partial charge in [-0.2, -0.15) is 4.98 Å². The van der Waals surface area contributed by atoms with Crippen molar-refractivity contribution in [3.05, 3.63) is 11.7 Å². The topological polar surface area (TPSA) is 60.2 Å². The Hall–Kier alpha value is -0.940. The van der Waals surface area contributed by atoms with Crippen LogP contribution in [0.25, 0.3) is 0 Å². The maximum Gasteiger partial charge on any atom is 0.234 e. The molecule has 1 aromatic rings. The molecule has 1 aromatic heterocycles. The van der Waals surface area contributed by atoms with Crippen molar-refractivity contribution in [3.63, 3.8) is 0 Å². The number of aromatic nitrogens is 2. The molecule has 1 N–H and O–H groups in total. The van der Waals surface area contributed by atoms with Crippen LogP contribution in [0.2, 0.25) is 0 Å². The molecule has 5 nitrogen and oxygen atoms in total. The highest BCUT2D eigenvalue weighted by atomic mass is 16.5. The molecule has 1 aliphatic heterocycles. The van der Waals surface area contributed by atoms with Gasteiger partial charge in [0.1, 0.15) is 5.60 Å². The number of rotatable bonds is 6. The van der Waals surface area contributed by atoms with Gasteiger partial charge in [0, 0.05) is 13.2 Å². The summed E-state index contributed by atoms with van der Waals surface area (Å²) >= 11 is 0. The normalized spacial score (nSPS) is 28.3. The Labute approximate surface area is 126 Å². The SMILES string of the molecule is CCCC1(c2nc(C3(OCC)CCCC3)no2)CCNC1. The fourth-order valence-electron chi connectivity index (χ4n) is 4.00. The molecule has 0 spiro atoms. The summed E-state index contributed by atoms with van der Waals surface area (Å²) < 4.78 is 11.8. The average molecular weight is 293 g/mol. The monoisotopic (exact) mass is 293 g/mol. The highest BCUT2D eigenvalue weighted by molar-refractivity contribution is 5.13. The van der Waals surface area contributed by atoms with Gasteiger partial charge in [-0.15, -0.1) is 0 Å². The minimum absolute atomic E-state index is 0.0337. The maximum absolute atomic E-state index is 6.04. The molecule has 0 aromatic carbocycles. The van der Waals surface area contributed by atoms with Crippen LogP contribution in [-0.4, -0.2) is 29.8 Å². The van der Waals surface area contributed by atoms with Crippen molar-refractivity contribution in [2.45, 2.75) is 69.8 Å². The summed E-state index contributed by atoms with van der Waals surface area (Å²) in [6.07, 6.45) is 7.72. The Morgan fingerprint density at radius 3 is 2.67 bits per heavy atom. The molecule has 1 aliphatic carbocycles. The Morgan fingerprint density at radius 1 is 1.24 bits per heavy atom. The molecule has 0 amide bonds. The minimum Gasteiger partial charge on any atom is -0.367 e. The molecule has 21 heavy (non-hydrogen) atoms. The first-order chi connectivity index (χ1) is 10.2. The highest BCUT2D eigenvalue weighted by Crippen LogP contribution is 2.42. The zero-order valence-electron chi connectivity index (χ0n) is 13.3. The maximum atomic E-state index is 6.04. The van der Waals surface area contributed by atoms with Crippen LogP contribution in [0.5, 0.6) is 0 Å². The summed E-state index contributed by atoms with van der Waals surface area (Å²) in [5.74, 6) is 1.59. The van der Waals surface area contributed by atoms with Crippen molar-refractivity contribution in [3.8, 4) is 0 Å². The smallest absolute Gasteiger partial charge is 0.234 e. The average Bonchev–Trinajstić information content (AvgIpc) is 3.20. The zero-order chi connectivity index (χ0) is 14.8. The van der Waals surface area contributed by atoms with Crippen LogP contribution in [-0.2, 0) is 15.8 Å². The Morgan fingerprint density at radius 2 is 2.05 bits per heavy atom. The minimum atomic E-state index is -0.296. The van der Waals surface area contributed by atoms with E-state index in [4.69, 9.17) is 14.2 Å². The molecule has 1 saturated heterocycles. The van der Waals surface area contributed by atoms with E-state index < -0.39 is 0 Å². The second-order valence-electron chi connectivity index (χ2n) is 6.51. The first kappa shape index (κ1) is 15.0. The van der Waals surface area contributed by atoms with Gasteiger partial charge in [0.05, 0.1) is 5.41 Å². The van der Waals surface area contributed by atoms with Crippen LogP contribution in [0.15, 0.2) is 4.52 Å². The molecular weight excluding hydrogens is 266 g/mol. The Kier molecular flexibility index (Phi) is 4.31. The molecule has 1 atom stereocenters. The van der Waals surface area contributed by atoms with E-state index in [-0.39, 0.29) is 11.0 Å². The molecule has 118 valence electrons. The van der Waals surface area contributed by atoms with Crippen molar-refractivity contribution in [2.75, 3.05) is 19.7 Å². The summed E-state index contributed by atoms with van der Waals surface area (Å²) in [6.45, 7) is 6.94. The first-order valence-electron chi connectivity index (χ1n) is 8.44. The third-order valence-corrected chi connectivity index (χ3v) is 5.09. The predicted molar refractivity (Wildman–Crippen MR) is 80.1 cm³/mol. The van der Waals surface area contributed by atoms with E-state index in [2.05, 4.69) is 17.4 Å². The molecule has 1 unspecified atom stereocenters. The first-order valence-corrected chi connectivity index (χ1v) is 8.44. The molecule has 0 bridgehead atoms. The lowest BCUT2D eigenvalue weighted by Gasteiger charge is -2.25. The molecule has 2 aliphatic rings. The van der Waals surface area contributed by atoms with Crippen LogP contribution < -0.4 is 5.32 Å². The third-order valence-electron chi connectivity index (χ3n) is 5.09. The van der Waals surface area contributed by atoms with Crippen molar-refractivity contribution in [1.82, 2.24) is 15.5 Å². The lowest BCUT2D eigenvalue weighted by atomic mass is 9.82. The van der Waals surface area contributed by atoms with Crippen LogP contribution in [0, 0.1) is 0 Å². The molecule has 3 rings (SSSR count). The fourth-order valence-corrected chi connectivity index (χ4v) is 4.00. The Bertz CT molecular complexity index is 419. The largest absolute Gasteiger partial charge is 0.367 e. The molecular formula is C16H27N3O2. The highest BCUT2D eigenvalue weighted by Gasteiger charge is 2.45. The van der Waals surface area contributed by atoms with Crippen molar-refractivity contribution < 1.29 is 9.26 Å². The quantitative estimate of drug-likeness (QED) is 0.874. The molecule has 1 saturated carbocycles. The number of nitrogens with one attached hydrogen (secondary N) is 1. The molecule has 5 heteroatoms. The molecule has 2 fully saturated rings. The summed E-state index contributed by atoms with van der Waals surface area (Å²) in [5.41, 5.74) is -0.262. The van der Waals surface area contributed by atoms with Crippen LogP contribution >= 0.6 is 0 Å².